The summed E-state index contributed by atoms with van der Waals surface area (Å²) in [5.74, 6) is -1.09. The molecule has 0 unspecified atom stereocenters. The number of H-pyrrole nitrogens is 1. The molecule has 172 valence electrons. The van der Waals surface area contributed by atoms with Crippen molar-refractivity contribution in [1.82, 2.24) is 14.9 Å². The van der Waals surface area contributed by atoms with Crippen LogP contribution in [0.5, 0.6) is 0 Å². The smallest absolute Gasteiger partial charge is 0.410 e. The van der Waals surface area contributed by atoms with Gasteiger partial charge in [0.2, 0.25) is 0 Å². The molecule has 1 fully saturated rings. The van der Waals surface area contributed by atoms with Gasteiger partial charge in [-0.05, 0) is 52.7 Å². The number of esters is 1. The van der Waals surface area contributed by atoms with E-state index < -0.39 is 17.5 Å². The van der Waals surface area contributed by atoms with Crippen LogP contribution in [0.15, 0.2) is 24.3 Å². The summed E-state index contributed by atoms with van der Waals surface area (Å²) in [6, 6.07) is 6.15. The van der Waals surface area contributed by atoms with Crippen LogP contribution in [0.2, 0.25) is 0 Å². The van der Waals surface area contributed by atoms with Crippen LogP contribution < -0.4 is 0 Å². The number of carboxylic acids is 1. The number of imidazole rings is 1. The van der Waals surface area contributed by atoms with Crippen molar-refractivity contribution in [3.63, 3.8) is 0 Å². The average Bonchev–Trinajstić information content (AvgIpc) is 3.18. The number of benzene rings is 1. The molecule has 9 heteroatoms. The molecule has 1 aliphatic heterocycles. The van der Waals surface area contributed by atoms with E-state index in [0.717, 1.165) is 12.8 Å². The van der Waals surface area contributed by atoms with E-state index in [4.69, 9.17) is 14.6 Å². The van der Waals surface area contributed by atoms with Gasteiger partial charge < -0.3 is 24.5 Å². The fourth-order valence-electron chi connectivity index (χ4n) is 3.61. The van der Waals surface area contributed by atoms with E-state index in [1.807, 2.05) is 20.8 Å². The predicted molar refractivity (Wildman–Crippen MR) is 117 cm³/mol. The first-order chi connectivity index (χ1) is 15.1. The Morgan fingerprint density at radius 1 is 1.22 bits per heavy atom. The molecule has 2 N–H and O–H groups in total. The van der Waals surface area contributed by atoms with E-state index in [1.54, 1.807) is 24.0 Å². The molecule has 32 heavy (non-hydrogen) atoms. The fraction of sp³-hybridized carbons (Fsp3) is 0.478. The highest BCUT2D eigenvalue weighted by molar-refractivity contribution is 5.95. The second-order valence-electron chi connectivity index (χ2n) is 8.71. The maximum absolute atomic E-state index is 12.6. The zero-order valence-electron chi connectivity index (χ0n) is 18.8. The van der Waals surface area contributed by atoms with Crippen LogP contribution in [0, 0.1) is 0 Å². The van der Waals surface area contributed by atoms with Crippen molar-refractivity contribution in [3.05, 3.63) is 41.3 Å². The Hall–Kier alpha value is -3.36. The van der Waals surface area contributed by atoms with Gasteiger partial charge in [-0.1, -0.05) is 12.1 Å². The Balaban J connectivity index is 1.90. The van der Waals surface area contributed by atoms with Crippen LogP contribution >= 0.6 is 0 Å². The molecule has 2 heterocycles. The number of piperidine rings is 1. The van der Waals surface area contributed by atoms with Crippen LogP contribution in [0.25, 0.3) is 11.3 Å². The van der Waals surface area contributed by atoms with E-state index in [0.29, 0.717) is 30.2 Å². The molecule has 0 radical (unpaired) electrons. The lowest BCUT2D eigenvalue weighted by molar-refractivity contribution is 0.0195. The quantitative estimate of drug-likeness (QED) is 0.668. The minimum absolute atomic E-state index is 0.100. The number of amides is 1. The Morgan fingerprint density at radius 2 is 1.91 bits per heavy atom. The number of nitrogens with one attached hydrogen (secondary N) is 1. The number of aromatic carboxylic acids is 1. The van der Waals surface area contributed by atoms with Crippen molar-refractivity contribution in [3.8, 4) is 11.3 Å². The number of carboxylic acid groups (broad SMARTS) is 1. The van der Waals surface area contributed by atoms with Crippen molar-refractivity contribution < 1.29 is 29.0 Å². The number of carbonyl (C=O) groups excluding carboxylic acids is 2. The fourth-order valence-corrected chi connectivity index (χ4v) is 3.61. The van der Waals surface area contributed by atoms with E-state index in [-0.39, 0.29) is 29.9 Å². The van der Waals surface area contributed by atoms with Crippen molar-refractivity contribution in [1.29, 1.82) is 0 Å². The lowest BCUT2D eigenvalue weighted by atomic mass is 9.98. The summed E-state index contributed by atoms with van der Waals surface area (Å²) in [5.41, 5.74) is 0.757. The molecule has 1 aromatic heterocycles. The number of hydrogen-bond donors (Lipinski definition) is 2. The summed E-state index contributed by atoms with van der Waals surface area (Å²) in [4.78, 5) is 45.7. The van der Waals surface area contributed by atoms with Crippen molar-refractivity contribution >= 4 is 18.0 Å². The molecule has 2 aromatic rings. The van der Waals surface area contributed by atoms with Crippen LogP contribution in [0.1, 0.15) is 73.1 Å². The third-order valence-electron chi connectivity index (χ3n) is 5.07. The van der Waals surface area contributed by atoms with Gasteiger partial charge in [0.05, 0.1) is 12.2 Å². The van der Waals surface area contributed by atoms with E-state index >= 15 is 0 Å². The SMILES string of the molecule is CCOC(=O)c1[nH]c([C@@H]2CCCN(C(=O)OC(C)(C)C)C2)nc1-c1ccc(C(=O)O)cc1. The Kier molecular flexibility index (Phi) is 6.86. The van der Waals surface area contributed by atoms with Gasteiger partial charge in [-0.25, -0.2) is 19.4 Å². The number of aromatic amines is 1. The van der Waals surface area contributed by atoms with Gasteiger partial charge in [0, 0.05) is 24.6 Å². The highest BCUT2D eigenvalue weighted by Crippen LogP contribution is 2.30. The molecule has 0 bridgehead atoms. The molecular formula is C23H29N3O6. The third kappa shape index (κ3) is 5.46. The Morgan fingerprint density at radius 3 is 2.50 bits per heavy atom. The summed E-state index contributed by atoms with van der Waals surface area (Å²) in [6.07, 6.45) is 1.21. The minimum Gasteiger partial charge on any atom is -0.478 e. The summed E-state index contributed by atoms with van der Waals surface area (Å²) in [6.45, 7) is 8.42. The number of rotatable bonds is 5. The molecule has 0 saturated carbocycles. The number of ether oxygens (including phenoxy) is 2. The molecule has 0 aliphatic carbocycles. The molecule has 9 nitrogen and oxygen atoms in total. The normalized spacial score (nSPS) is 16.5. The van der Waals surface area contributed by atoms with Gasteiger partial charge in [-0.2, -0.15) is 0 Å². The number of aromatic nitrogens is 2. The highest BCUT2D eigenvalue weighted by atomic mass is 16.6. The van der Waals surface area contributed by atoms with Crippen LogP contribution in [-0.4, -0.2) is 63.3 Å². The lowest BCUT2D eigenvalue weighted by Crippen LogP contribution is -2.42. The molecule has 1 aromatic carbocycles. The highest BCUT2D eigenvalue weighted by Gasteiger charge is 2.31. The minimum atomic E-state index is -1.03. The molecule has 3 rings (SSSR count). The van der Waals surface area contributed by atoms with Gasteiger partial charge in [0.1, 0.15) is 17.1 Å². The van der Waals surface area contributed by atoms with Crippen molar-refractivity contribution in [2.24, 2.45) is 0 Å². The largest absolute Gasteiger partial charge is 0.478 e. The lowest BCUT2D eigenvalue weighted by Gasteiger charge is -2.33. The summed E-state index contributed by atoms with van der Waals surface area (Å²) < 4.78 is 10.7. The van der Waals surface area contributed by atoms with Crippen molar-refractivity contribution in [2.75, 3.05) is 19.7 Å². The molecule has 1 atom stereocenters. The Bertz CT molecular complexity index is 990. The molecule has 1 aliphatic rings. The first kappa shape index (κ1) is 23.3. The number of carbonyl (C=O) groups is 3. The maximum atomic E-state index is 12.6. The number of nitrogens with zero attached hydrogens (tertiary/aromatic N) is 2. The van der Waals surface area contributed by atoms with Gasteiger partial charge in [-0.3, -0.25) is 0 Å². The van der Waals surface area contributed by atoms with Gasteiger partial charge in [-0.15, -0.1) is 0 Å². The first-order valence-corrected chi connectivity index (χ1v) is 10.7. The molecule has 1 amide bonds. The van der Waals surface area contributed by atoms with Crippen LogP contribution in [0.3, 0.4) is 0 Å². The predicted octanol–water partition coefficient (Wildman–Crippen LogP) is 4.07. The Labute approximate surface area is 186 Å². The zero-order chi connectivity index (χ0) is 23.5. The number of hydrogen-bond acceptors (Lipinski definition) is 6. The van der Waals surface area contributed by atoms with E-state index in [9.17, 15) is 14.4 Å². The maximum Gasteiger partial charge on any atom is 0.410 e. The third-order valence-corrected chi connectivity index (χ3v) is 5.07. The van der Waals surface area contributed by atoms with Gasteiger partial charge in [0.15, 0.2) is 5.69 Å². The van der Waals surface area contributed by atoms with Crippen LogP contribution in [-0.2, 0) is 9.47 Å². The second kappa shape index (κ2) is 9.42. The summed E-state index contributed by atoms with van der Waals surface area (Å²) >= 11 is 0. The summed E-state index contributed by atoms with van der Waals surface area (Å²) in [7, 11) is 0. The number of likely N-dealkylation sites (tertiary alicyclic amines) is 1. The first-order valence-electron chi connectivity index (χ1n) is 10.7. The molecular weight excluding hydrogens is 414 g/mol. The van der Waals surface area contributed by atoms with E-state index in [2.05, 4.69) is 9.97 Å². The second-order valence-corrected chi connectivity index (χ2v) is 8.71. The van der Waals surface area contributed by atoms with Gasteiger partial charge in [0.25, 0.3) is 0 Å². The standard InChI is InChI=1S/C23H29N3O6/c1-5-31-21(29)18-17(14-8-10-15(11-9-14)20(27)28)24-19(25-18)16-7-6-12-26(13-16)22(30)32-23(2,3)4/h8-11,16H,5-7,12-13H2,1-4H3,(H,24,25)(H,27,28)/t16-/m1/s1. The zero-order valence-corrected chi connectivity index (χ0v) is 18.8. The monoisotopic (exact) mass is 443 g/mol. The van der Waals surface area contributed by atoms with E-state index in [1.165, 1.54) is 12.1 Å². The average molecular weight is 444 g/mol. The van der Waals surface area contributed by atoms with Crippen LogP contribution in [0.4, 0.5) is 4.79 Å². The van der Waals surface area contributed by atoms with Crippen molar-refractivity contribution in [2.45, 2.75) is 52.1 Å². The molecule has 0 spiro atoms. The topological polar surface area (TPSA) is 122 Å². The van der Waals surface area contributed by atoms with Gasteiger partial charge >= 0.3 is 18.0 Å². The summed E-state index contributed by atoms with van der Waals surface area (Å²) in [5, 5.41) is 9.14. The molecule has 1 saturated heterocycles.